The second-order valence-electron chi connectivity index (χ2n) is 10.4. The van der Waals surface area contributed by atoms with Crippen LogP contribution in [0.3, 0.4) is 0 Å². The molecular formula is C26H26N4O8. The minimum Gasteiger partial charge on any atom is -0.507 e. The van der Waals surface area contributed by atoms with Gasteiger partial charge in [0.25, 0.3) is 0 Å². The summed E-state index contributed by atoms with van der Waals surface area (Å²) in [5.74, 6) is -13.8. The van der Waals surface area contributed by atoms with E-state index in [0.29, 0.717) is 16.8 Å². The first-order valence-corrected chi connectivity index (χ1v) is 12.0. The maximum Gasteiger partial charge on any atom is 0.235 e. The van der Waals surface area contributed by atoms with Crippen molar-refractivity contribution in [1.82, 2.24) is 14.9 Å². The first-order chi connectivity index (χ1) is 17.8. The SMILES string of the molecule is CC1c2c(-c3cnccn3)ccc(O)c2C(=O)C2C(=O)C3(O)C(=O)C(C(N)=O)C(=O)C(N(C)C)C3C(O)C21. The third-order valence-electron chi connectivity index (χ3n) is 8.31. The first-order valence-electron chi connectivity index (χ1n) is 12.0. The molecule has 0 saturated heterocycles. The number of primary amides is 1. The molecule has 12 heteroatoms. The number of hydrogen-bond acceptors (Lipinski definition) is 11. The van der Waals surface area contributed by atoms with Crippen LogP contribution in [0.2, 0.25) is 0 Å². The highest BCUT2D eigenvalue weighted by atomic mass is 16.3. The van der Waals surface area contributed by atoms with Crippen molar-refractivity contribution in [2.45, 2.75) is 30.6 Å². The molecule has 198 valence electrons. The van der Waals surface area contributed by atoms with E-state index in [0.717, 1.165) is 0 Å². The molecule has 1 aromatic heterocycles. The lowest BCUT2D eigenvalue weighted by molar-refractivity contribution is -0.196. The summed E-state index contributed by atoms with van der Waals surface area (Å²) in [4.78, 5) is 76.2. The molecule has 5 N–H and O–H groups in total. The summed E-state index contributed by atoms with van der Waals surface area (Å²) in [7, 11) is 2.88. The summed E-state index contributed by atoms with van der Waals surface area (Å²) in [6.07, 6.45) is 2.66. The number of carbonyl (C=O) groups is 5. The number of rotatable bonds is 3. The highest BCUT2D eigenvalue weighted by Gasteiger charge is 2.73. The van der Waals surface area contributed by atoms with Gasteiger partial charge in [0.05, 0.1) is 41.4 Å². The minimum absolute atomic E-state index is 0.195. The van der Waals surface area contributed by atoms with Gasteiger partial charge in [0.2, 0.25) is 5.91 Å². The number of nitrogens with zero attached hydrogens (tertiary/aromatic N) is 3. The molecule has 8 unspecified atom stereocenters. The molecule has 0 bridgehead atoms. The predicted octanol–water partition coefficient (Wildman–Crippen LogP) is -1.14. The summed E-state index contributed by atoms with van der Waals surface area (Å²) >= 11 is 0. The summed E-state index contributed by atoms with van der Waals surface area (Å²) in [6.45, 7) is 1.65. The zero-order valence-electron chi connectivity index (χ0n) is 20.7. The summed E-state index contributed by atoms with van der Waals surface area (Å²) in [6, 6.07) is 1.39. The molecule has 0 radical (unpaired) electrons. The van der Waals surface area contributed by atoms with Crippen LogP contribution >= 0.6 is 0 Å². The molecule has 12 nitrogen and oxygen atoms in total. The lowest BCUT2D eigenvalue weighted by atomic mass is 9.49. The molecule has 3 aliphatic rings. The van der Waals surface area contributed by atoms with Gasteiger partial charge in [-0.2, -0.15) is 0 Å². The van der Waals surface area contributed by atoms with Gasteiger partial charge >= 0.3 is 0 Å². The van der Waals surface area contributed by atoms with Crippen molar-refractivity contribution in [1.29, 1.82) is 0 Å². The predicted molar refractivity (Wildman–Crippen MR) is 128 cm³/mol. The van der Waals surface area contributed by atoms with E-state index in [2.05, 4.69) is 9.97 Å². The van der Waals surface area contributed by atoms with Crippen LogP contribution in [0.5, 0.6) is 5.75 Å². The lowest BCUT2D eigenvalue weighted by Gasteiger charge is -2.56. The molecule has 0 spiro atoms. The number of phenolic OH excluding ortho intramolecular Hbond substituents is 1. The van der Waals surface area contributed by atoms with Crippen molar-refractivity contribution in [2.24, 2.45) is 29.4 Å². The third-order valence-corrected chi connectivity index (χ3v) is 8.31. The monoisotopic (exact) mass is 522 g/mol. The van der Waals surface area contributed by atoms with Gasteiger partial charge in [0.15, 0.2) is 34.7 Å². The number of aliphatic hydroxyl groups is 2. The van der Waals surface area contributed by atoms with Gasteiger partial charge in [-0.1, -0.05) is 6.92 Å². The zero-order chi connectivity index (χ0) is 27.8. The molecule has 2 fully saturated rings. The second kappa shape index (κ2) is 8.58. The van der Waals surface area contributed by atoms with Crippen LogP contribution in [0.15, 0.2) is 30.7 Å². The molecule has 1 amide bonds. The number of nitrogens with two attached hydrogens (primary N) is 1. The van der Waals surface area contributed by atoms with Gasteiger partial charge in [0.1, 0.15) is 5.75 Å². The van der Waals surface area contributed by atoms with Gasteiger partial charge in [-0.3, -0.25) is 38.8 Å². The number of fused-ring (bicyclic) bond motifs is 3. The van der Waals surface area contributed by atoms with Gasteiger partial charge in [-0.05, 0) is 37.7 Å². The molecule has 3 aliphatic carbocycles. The van der Waals surface area contributed by atoms with Crippen LogP contribution in [-0.2, 0) is 19.2 Å². The fourth-order valence-electron chi connectivity index (χ4n) is 6.73. The average molecular weight is 523 g/mol. The average Bonchev–Trinajstić information content (AvgIpc) is 2.86. The zero-order valence-corrected chi connectivity index (χ0v) is 20.7. The third kappa shape index (κ3) is 3.17. The Hall–Kier alpha value is -3.87. The highest BCUT2D eigenvalue weighted by Crippen LogP contribution is 2.55. The number of benzene rings is 1. The van der Waals surface area contributed by atoms with E-state index in [-0.39, 0.29) is 5.56 Å². The molecule has 1 aromatic carbocycles. The number of carbonyl (C=O) groups excluding carboxylic acids is 5. The van der Waals surface area contributed by atoms with E-state index < -0.39 is 82.1 Å². The number of phenols is 1. The van der Waals surface area contributed by atoms with Crippen molar-refractivity contribution in [3.8, 4) is 17.0 Å². The molecule has 38 heavy (non-hydrogen) atoms. The Morgan fingerprint density at radius 2 is 1.79 bits per heavy atom. The van der Waals surface area contributed by atoms with Crippen LogP contribution in [0, 0.1) is 23.7 Å². The Morgan fingerprint density at radius 3 is 2.37 bits per heavy atom. The van der Waals surface area contributed by atoms with Gasteiger partial charge in [-0.15, -0.1) is 0 Å². The normalized spacial score (nSPS) is 34.5. The molecule has 2 saturated carbocycles. The molecule has 2 aromatic rings. The standard InChI is InChI=1S/C26H26N4O8/c1-9-13-10(11-8-28-6-7-29-11)4-5-12(31)15(13)20(32)16-14(9)21(33)18-19(30(2)3)22(34)17(25(27)37)24(36)26(18,38)23(16)35/h4-9,14,16-19,21,31,33,38H,1-3H3,(H2,27,37). The van der Waals surface area contributed by atoms with E-state index in [9.17, 15) is 39.3 Å². The molecule has 1 heterocycles. The Balaban J connectivity index is 1.75. The minimum atomic E-state index is -3.03. The number of amides is 1. The molecule has 0 aliphatic heterocycles. The van der Waals surface area contributed by atoms with Gasteiger partial charge in [0, 0.05) is 23.9 Å². The van der Waals surface area contributed by atoms with Crippen molar-refractivity contribution >= 4 is 29.0 Å². The molecule has 5 rings (SSSR count). The van der Waals surface area contributed by atoms with Gasteiger partial charge < -0.3 is 21.1 Å². The van der Waals surface area contributed by atoms with Crippen LogP contribution in [0.25, 0.3) is 11.3 Å². The van der Waals surface area contributed by atoms with Crippen molar-refractivity contribution < 1.29 is 39.3 Å². The van der Waals surface area contributed by atoms with Crippen LogP contribution in [0.1, 0.15) is 28.8 Å². The van der Waals surface area contributed by atoms with Crippen molar-refractivity contribution in [2.75, 3.05) is 14.1 Å². The van der Waals surface area contributed by atoms with Gasteiger partial charge in [-0.25, -0.2) is 0 Å². The maximum atomic E-state index is 14.0. The van der Waals surface area contributed by atoms with Crippen molar-refractivity contribution in [3.05, 3.63) is 41.9 Å². The van der Waals surface area contributed by atoms with E-state index in [1.165, 1.54) is 43.7 Å². The lowest BCUT2D eigenvalue weighted by Crippen LogP contribution is -2.77. The number of likely N-dealkylation sites (N-methyl/N-ethyl adjacent to an activating group) is 1. The second-order valence-corrected chi connectivity index (χ2v) is 10.4. The fourth-order valence-corrected chi connectivity index (χ4v) is 6.73. The Kier molecular flexibility index (Phi) is 5.82. The first kappa shape index (κ1) is 25.8. The van der Waals surface area contributed by atoms with E-state index >= 15 is 0 Å². The number of ketones is 4. The summed E-state index contributed by atoms with van der Waals surface area (Å²) < 4.78 is 0. The Morgan fingerprint density at radius 1 is 1.11 bits per heavy atom. The van der Waals surface area contributed by atoms with E-state index in [1.54, 1.807) is 13.0 Å². The summed E-state index contributed by atoms with van der Waals surface area (Å²) in [5, 5.41) is 34.1. The van der Waals surface area contributed by atoms with E-state index in [1.807, 2.05) is 0 Å². The largest absolute Gasteiger partial charge is 0.507 e. The number of aliphatic hydroxyl groups excluding tert-OH is 1. The quantitative estimate of drug-likeness (QED) is 0.355. The Labute approximate surface area is 216 Å². The topological polar surface area (TPSA) is 201 Å². The smallest absolute Gasteiger partial charge is 0.235 e. The van der Waals surface area contributed by atoms with Crippen LogP contribution in [-0.4, -0.2) is 91.1 Å². The highest BCUT2D eigenvalue weighted by molar-refractivity contribution is 6.32. The Bertz CT molecular complexity index is 1410. The fraction of sp³-hybridized carbons (Fsp3) is 0.423. The van der Waals surface area contributed by atoms with E-state index in [4.69, 9.17) is 5.73 Å². The van der Waals surface area contributed by atoms with Crippen molar-refractivity contribution in [3.63, 3.8) is 0 Å². The molecular weight excluding hydrogens is 496 g/mol. The van der Waals surface area contributed by atoms with Crippen LogP contribution < -0.4 is 5.73 Å². The van der Waals surface area contributed by atoms with Crippen LogP contribution in [0.4, 0.5) is 0 Å². The molecule has 8 atom stereocenters. The summed E-state index contributed by atoms with van der Waals surface area (Å²) in [5.41, 5.74) is 3.23. The number of aromatic nitrogens is 2. The maximum absolute atomic E-state index is 14.0. The number of Topliss-reactive ketones (excluding diaryl/α,β-unsaturated/α-hetero) is 4. The number of hydrogen-bond donors (Lipinski definition) is 4. The number of aromatic hydroxyl groups is 1.